The van der Waals surface area contributed by atoms with E-state index in [4.69, 9.17) is 0 Å². The van der Waals surface area contributed by atoms with Gasteiger partial charge in [0, 0.05) is 11.6 Å². The van der Waals surface area contributed by atoms with Gasteiger partial charge in [-0.25, -0.2) is 0 Å². The minimum atomic E-state index is 0.0430. The van der Waals surface area contributed by atoms with Crippen LogP contribution in [0.1, 0.15) is 56.5 Å². The Balaban J connectivity index is 1.96. The number of carbonyl (C=O) groups excluding carboxylic acids is 1. The van der Waals surface area contributed by atoms with Crippen molar-refractivity contribution in [2.75, 3.05) is 13.1 Å². The lowest BCUT2D eigenvalue weighted by Crippen LogP contribution is -2.42. The number of benzene rings is 1. The van der Waals surface area contributed by atoms with Crippen LogP contribution in [0.15, 0.2) is 24.3 Å². The molecule has 1 atom stereocenters. The fourth-order valence-corrected chi connectivity index (χ4v) is 2.87. The summed E-state index contributed by atoms with van der Waals surface area (Å²) in [5, 5.41) is 6.52. The lowest BCUT2D eigenvalue weighted by Gasteiger charge is -2.29. The first-order valence-corrected chi connectivity index (χ1v) is 8.00. The first kappa shape index (κ1) is 16.0. The molecule has 1 amide bonds. The van der Waals surface area contributed by atoms with Gasteiger partial charge < -0.3 is 10.6 Å². The summed E-state index contributed by atoms with van der Waals surface area (Å²) in [4.78, 5) is 12.3. The molecule has 1 aliphatic heterocycles. The summed E-state index contributed by atoms with van der Waals surface area (Å²) >= 11 is 0. The van der Waals surface area contributed by atoms with Gasteiger partial charge in [0.25, 0.3) is 5.91 Å². The summed E-state index contributed by atoms with van der Waals surface area (Å²) in [7, 11) is 0. The minimum Gasteiger partial charge on any atom is -0.349 e. The number of hydrogen-bond donors (Lipinski definition) is 2. The third-order valence-corrected chi connectivity index (χ3v) is 4.46. The molecule has 0 bridgehead atoms. The molecule has 116 valence electrons. The quantitative estimate of drug-likeness (QED) is 0.897. The molecule has 2 rings (SSSR count). The molecule has 3 heteroatoms. The van der Waals surface area contributed by atoms with E-state index in [9.17, 15) is 4.79 Å². The van der Waals surface area contributed by atoms with E-state index in [0.29, 0.717) is 5.92 Å². The molecule has 1 aromatic carbocycles. The van der Waals surface area contributed by atoms with Crippen molar-refractivity contribution in [3.63, 3.8) is 0 Å². The molecule has 0 aromatic heterocycles. The predicted molar refractivity (Wildman–Crippen MR) is 87.7 cm³/mol. The van der Waals surface area contributed by atoms with Crippen LogP contribution in [-0.4, -0.2) is 25.0 Å². The lowest BCUT2D eigenvalue weighted by molar-refractivity contribution is 0.0920. The Morgan fingerprint density at radius 3 is 2.29 bits per heavy atom. The maximum Gasteiger partial charge on any atom is 0.251 e. The highest BCUT2D eigenvalue weighted by Gasteiger charge is 2.22. The van der Waals surface area contributed by atoms with Crippen LogP contribution in [0.5, 0.6) is 0 Å². The van der Waals surface area contributed by atoms with Gasteiger partial charge in [0.2, 0.25) is 0 Å². The number of piperidine rings is 1. The van der Waals surface area contributed by atoms with Crippen LogP contribution < -0.4 is 10.6 Å². The van der Waals surface area contributed by atoms with E-state index in [1.54, 1.807) is 0 Å². The third-order valence-electron chi connectivity index (χ3n) is 4.46. The molecule has 0 spiro atoms. The molecule has 0 saturated carbocycles. The van der Waals surface area contributed by atoms with Crippen LogP contribution in [0, 0.1) is 5.92 Å². The van der Waals surface area contributed by atoms with E-state index in [1.807, 2.05) is 12.1 Å². The largest absolute Gasteiger partial charge is 0.349 e. The first-order chi connectivity index (χ1) is 9.88. The molecule has 21 heavy (non-hydrogen) atoms. The Labute approximate surface area is 128 Å². The molecular formula is C18H28N2O. The minimum absolute atomic E-state index is 0.0430. The van der Waals surface area contributed by atoms with Crippen molar-refractivity contribution in [1.29, 1.82) is 0 Å². The molecule has 1 heterocycles. The van der Waals surface area contributed by atoms with Crippen LogP contribution >= 0.6 is 0 Å². The van der Waals surface area contributed by atoms with Crippen molar-refractivity contribution in [2.24, 2.45) is 5.92 Å². The van der Waals surface area contributed by atoms with Gasteiger partial charge in [0.05, 0.1) is 0 Å². The van der Waals surface area contributed by atoms with Crippen molar-refractivity contribution in [3.05, 3.63) is 35.4 Å². The fraction of sp³-hybridized carbons (Fsp3) is 0.611. The highest BCUT2D eigenvalue weighted by atomic mass is 16.1. The van der Waals surface area contributed by atoms with Gasteiger partial charge in [-0.2, -0.15) is 0 Å². The molecule has 0 radical (unpaired) electrons. The Hall–Kier alpha value is -1.35. The topological polar surface area (TPSA) is 41.1 Å². The number of hydrogen-bond acceptors (Lipinski definition) is 2. The van der Waals surface area contributed by atoms with Crippen LogP contribution in [0.3, 0.4) is 0 Å². The van der Waals surface area contributed by atoms with Crippen molar-refractivity contribution < 1.29 is 4.79 Å². The van der Waals surface area contributed by atoms with E-state index >= 15 is 0 Å². The number of carbonyl (C=O) groups is 1. The van der Waals surface area contributed by atoms with Crippen LogP contribution in [0.4, 0.5) is 0 Å². The molecule has 3 nitrogen and oxygen atoms in total. The Kier molecular flexibility index (Phi) is 5.04. The van der Waals surface area contributed by atoms with Crippen LogP contribution in [0.2, 0.25) is 0 Å². The lowest BCUT2D eigenvalue weighted by atomic mass is 9.86. The van der Waals surface area contributed by atoms with E-state index in [2.05, 4.69) is 50.5 Å². The Bertz CT molecular complexity index is 467. The smallest absolute Gasteiger partial charge is 0.251 e. The number of nitrogens with one attached hydrogen (secondary N) is 2. The standard InChI is InChI=1S/C18H28N2O/c1-13(14-9-11-19-12-10-14)20-17(21)15-5-7-16(8-6-15)18(2,3)4/h5-8,13-14,19H,9-12H2,1-4H3,(H,20,21). The molecule has 1 aromatic rings. The van der Waals surface area contributed by atoms with Crippen LogP contribution in [-0.2, 0) is 5.41 Å². The van der Waals surface area contributed by atoms with Gasteiger partial charge >= 0.3 is 0 Å². The Morgan fingerprint density at radius 1 is 1.19 bits per heavy atom. The van der Waals surface area contributed by atoms with Crippen molar-refractivity contribution in [3.8, 4) is 0 Å². The SMILES string of the molecule is CC(NC(=O)c1ccc(C(C)(C)C)cc1)C1CCNCC1. The normalized spacial score (nSPS) is 18.3. The average Bonchev–Trinajstić information content (AvgIpc) is 2.47. The fourth-order valence-electron chi connectivity index (χ4n) is 2.87. The molecule has 0 aliphatic carbocycles. The van der Waals surface area contributed by atoms with Gasteiger partial charge in [-0.15, -0.1) is 0 Å². The monoisotopic (exact) mass is 288 g/mol. The van der Waals surface area contributed by atoms with Crippen molar-refractivity contribution in [1.82, 2.24) is 10.6 Å². The Morgan fingerprint density at radius 2 is 1.76 bits per heavy atom. The van der Waals surface area contributed by atoms with E-state index in [1.165, 1.54) is 5.56 Å². The zero-order valence-electron chi connectivity index (χ0n) is 13.7. The van der Waals surface area contributed by atoms with E-state index in [0.717, 1.165) is 31.5 Å². The maximum absolute atomic E-state index is 12.3. The average molecular weight is 288 g/mol. The van der Waals surface area contributed by atoms with E-state index < -0.39 is 0 Å². The highest BCUT2D eigenvalue weighted by Crippen LogP contribution is 2.22. The van der Waals surface area contributed by atoms with Gasteiger partial charge in [-0.3, -0.25) is 4.79 Å². The molecule has 1 aliphatic rings. The summed E-state index contributed by atoms with van der Waals surface area (Å²) in [5.74, 6) is 0.630. The zero-order chi connectivity index (χ0) is 15.5. The number of rotatable bonds is 3. The summed E-state index contributed by atoms with van der Waals surface area (Å²) < 4.78 is 0. The maximum atomic E-state index is 12.3. The second kappa shape index (κ2) is 6.61. The van der Waals surface area contributed by atoms with Gasteiger partial charge in [0.1, 0.15) is 0 Å². The third kappa shape index (κ3) is 4.31. The molecular weight excluding hydrogens is 260 g/mol. The van der Waals surface area contributed by atoms with Crippen molar-refractivity contribution in [2.45, 2.75) is 52.0 Å². The zero-order valence-corrected chi connectivity index (χ0v) is 13.7. The first-order valence-electron chi connectivity index (χ1n) is 8.00. The van der Waals surface area contributed by atoms with Gasteiger partial charge in [-0.05, 0) is 61.9 Å². The van der Waals surface area contributed by atoms with Crippen LogP contribution in [0.25, 0.3) is 0 Å². The molecule has 2 N–H and O–H groups in total. The van der Waals surface area contributed by atoms with E-state index in [-0.39, 0.29) is 17.4 Å². The second-order valence-corrected chi connectivity index (χ2v) is 7.18. The summed E-state index contributed by atoms with van der Waals surface area (Å²) in [6, 6.07) is 8.23. The molecule has 1 saturated heterocycles. The predicted octanol–water partition coefficient (Wildman–Crippen LogP) is 3.10. The van der Waals surface area contributed by atoms with Gasteiger partial charge in [0.15, 0.2) is 0 Å². The van der Waals surface area contributed by atoms with Gasteiger partial charge in [-0.1, -0.05) is 32.9 Å². The molecule has 1 unspecified atom stereocenters. The molecule has 1 fully saturated rings. The number of amides is 1. The summed E-state index contributed by atoms with van der Waals surface area (Å²) in [6.07, 6.45) is 2.29. The second-order valence-electron chi connectivity index (χ2n) is 7.18. The highest BCUT2D eigenvalue weighted by molar-refractivity contribution is 5.94. The summed E-state index contributed by atoms with van der Waals surface area (Å²) in [6.45, 7) is 10.8. The van der Waals surface area contributed by atoms with Crippen molar-refractivity contribution >= 4 is 5.91 Å². The summed E-state index contributed by atoms with van der Waals surface area (Å²) in [5.41, 5.74) is 2.13.